The molecule has 1 aromatic heterocycles. The van der Waals surface area contributed by atoms with E-state index in [0.29, 0.717) is 28.8 Å². The normalized spacial score (nSPS) is 25.1. The molecule has 2 aliphatic rings. The van der Waals surface area contributed by atoms with E-state index >= 15 is 0 Å². The molecular weight excluding hydrogens is 322 g/mol. The fraction of sp³-hybridized carbons (Fsp3) is 0.500. The third kappa shape index (κ3) is 3.34. The lowest BCUT2D eigenvalue weighted by molar-refractivity contribution is -0.119. The molecule has 1 aromatic carbocycles. The van der Waals surface area contributed by atoms with Gasteiger partial charge in [0.25, 0.3) is 5.22 Å². The van der Waals surface area contributed by atoms with Crippen molar-refractivity contribution in [3.05, 3.63) is 29.8 Å². The third-order valence-electron chi connectivity index (χ3n) is 5.08. The summed E-state index contributed by atoms with van der Waals surface area (Å²) in [6, 6.07) is 8.31. The topological polar surface area (TPSA) is 68.0 Å². The highest BCUT2D eigenvalue weighted by molar-refractivity contribution is 7.99. The first kappa shape index (κ1) is 15.7. The zero-order valence-electron chi connectivity index (χ0n) is 13.7. The van der Waals surface area contributed by atoms with Crippen LogP contribution in [0.25, 0.3) is 11.5 Å². The van der Waals surface area contributed by atoms with Crippen molar-refractivity contribution in [2.75, 3.05) is 5.75 Å². The highest BCUT2D eigenvalue weighted by Crippen LogP contribution is 2.44. The first-order valence-corrected chi connectivity index (χ1v) is 9.48. The van der Waals surface area contributed by atoms with Crippen LogP contribution in [0.15, 0.2) is 33.9 Å². The van der Waals surface area contributed by atoms with Gasteiger partial charge in [-0.2, -0.15) is 0 Å². The number of nitrogens with one attached hydrogen (secondary N) is 1. The number of carbonyl (C=O) groups excluding carboxylic acids is 1. The van der Waals surface area contributed by atoms with Crippen LogP contribution in [-0.2, 0) is 4.79 Å². The number of hydrogen-bond donors (Lipinski definition) is 1. The molecule has 0 radical (unpaired) electrons. The molecule has 5 nitrogen and oxygen atoms in total. The van der Waals surface area contributed by atoms with Gasteiger partial charge in [-0.15, -0.1) is 10.2 Å². The van der Waals surface area contributed by atoms with Crippen molar-refractivity contribution in [1.82, 2.24) is 15.5 Å². The fourth-order valence-corrected chi connectivity index (χ4v) is 4.53. The molecule has 1 N–H and O–H groups in total. The van der Waals surface area contributed by atoms with E-state index in [2.05, 4.69) is 15.5 Å². The number of thioether (sulfide) groups is 1. The maximum atomic E-state index is 12.1. The summed E-state index contributed by atoms with van der Waals surface area (Å²) in [5.41, 5.74) is 2.05. The number of fused-ring (bicyclic) bond motifs is 2. The monoisotopic (exact) mass is 343 g/mol. The lowest BCUT2D eigenvalue weighted by Gasteiger charge is -2.22. The molecule has 3 atom stereocenters. The predicted molar refractivity (Wildman–Crippen MR) is 92.6 cm³/mol. The number of aryl methyl sites for hydroxylation is 1. The minimum Gasteiger partial charge on any atom is -0.411 e. The van der Waals surface area contributed by atoms with Crippen LogP contribution in [0.4, 0.5) is 0 Å². The van der Waals surface area contributed by atoms with Gasteiger partial charge in [-0.25, -0.2) is 0 Å². The maximum Gasteiger partial charge on any atom is 0.277 e. The van der Waals surface area contributed by atoms with Crippen molar-refractivity contribution in [3.63, 3.8) is 0 Å². The number of benzene rings is 1. The average molecular weight is 343 g/mol. The van der Waals surface area contributed by atoms with E-state index in [-0.39, 0.29) is 5.91 Å². The smallest absolute Gasteiger partial charge is 0.277 e. The minimum atomic E-state index is 0.0628. The zero-order chi connectivity index (χ0) is 16.5. The Balaban J connectivity index is 1.31. The summed E-state index contributed by atoms with van der Waals surface area (Å²) in [6.07, 6.45) is 5.06. The first-order valence-electron chi connectivity index (χ1n) is 8.50. The molecule has 24 heavy (non-hydrogen) atoms. The largest absolute Gasteiger partial charge is 0.411 e. The second-order valence-corrected chi connectivity index (χ2v) is 7.81. The number of rotatable bonds is 5. The van der Waals surface area contributed by atoms with Gasteiger partial charge in [-0.05, 0) is 50.2 Å². The van der Waals surface area contributed by atoms with Crippen molar-refractivity contribution < 1.29 is 9.21 Å². The van der Waals surface area contributed by atoms with Crippen LogP contribution in [0.1, 0.15) is 31.2 Å². The van der Waals surface area contributed by atoms with Crippen molar-refractivity contribution in [3.8, 4) is 11.5 Å². The van der Waals surface area contributed by atoms with Crippen LogP contribution >= 0.6 is 11.8 Å². The van der Waals surface area contributed by atoms with Crippen LogP contribution in [0.3, 0.4) is 0 Å². The molecular formula is C18H21N3O2S. The Hall–Kier alpha value is -1.82. The maximum absolute atomic E-state index is 12.1. The zero-order valence-corrected chi connectivity index (χ0v) is 14.5. The first-order chi connectivity index (χ1) is 11.7. The molecule has 2 bridgehead atoms. The molecule has 0 unspecified atom stereocenters. The van der Waals surface area contributed by atoms with Crippen molar-refractivity contribution >= 4 is 17.7 Å². The molecule has 2 aliphatic carbocycles. The number of amides is 1. The number of nitrogens with zero attached hydrogens (tertiary/aromatic N) is 2. The summed E-state index contributed by atoms with van der Waals surface area (Å²) in [6.45, 7) is 2.02. The van der Waals surface area contributed by atoms with E-state index in [1.165, 1.54) is 31.0 Å². The lowest BCUT2D eigenvalue weighted by atomic mass is 9.95. The van der Waals surface area contributed by atoms with Crippen LogP contribution < -0.4 is 5.32 Å². The van der Waals surface area contributed by atoms with Crippen molar-refractivity contribution in [1.29, 1.82) is 0 Å². The Bertz CT molecular complexity index is 745. The van der Waals surface area contributed by atoms with Gasteiger partial charge < -0.3 is 9.73 Å². The molecule has 1 heterocycles. The molecule has 2 saturated carbocycles. The summed E-state index contributed by atoms with van der Waals surface area (Å²) in [7, 11) is 0. The Morgan fingerprint density at radius 1 is 1.33 bits per heavy atom. The van der Waals surface area contributed by atoms with Gasteiger partial charge in [-0.1, -0.05) is 35.9 Å². The van der Waals surface area contributed by atoms with Gasteiger partial charge in [-0.3, -0.25) is 4.79 Å². The van der Waals surface area contributed by atoms with E-state index in [1.54, 1.807) is 0 Å². The van der Waals surface area contributed by atoms with E-state index in [1.807, 2.05) is 31.2 Å². The van der Waals surface area contributed by atoms with Crippen LogP contribution in [-0.4, -0.2) is 27.9 Å². The van der Waals surface area contributed by atoms with Gasteiger partial charge >= 0.3 is 0 Å². The van der Waals surface area contributed by atoms with Gasteiger partial charge in [0.15, 0.2) is 0 Å². The predicted octanol–water partition coefficient (Wildman–Crippen LogP) is 3.44. The molecule has 0 saturated heterocycles. The Labute approximate surface area is 145 Å². The van der Waals surface area contributed by atoms with E-state index in [0.717, 1.165) is 23.5 Å². The van der Waals surface area contributed by atoms with Crippen LogP contribution in [0.2, 0.25) is 0 Å². The van der Waals surface area contributed by atoms with Gasteiger partial charge in [0.2, 0.25) is 11.8 Å². The highest BCUT2D eigenvalue weighted by atomic mass is 32.2. The molecule has 0 spiro atoms. The summed E-state index contributed by atoms with van der Waals surface area (Å²) < 4.78 is 5.66. The molecule has 2 fully saturated rings. The average Bonchev–Trinajstić information content (AvgIpc) is 3.29. The Morgan fingerprint density at radius 2 is 2.25 bits per heavy atom. The molecule has 2 aromatic rings. The summed E-state index contributed by atoms with van der Waals surface area (Å²) >= 11 is 1.30. The highest BCUT2D eigenvalue weighted by Gasteiger charge is 2.40. The molecule has 0 aliphatic heterocycles. The Morgan fingerprint density at radius 3 is 3.00 bits per heavy atom. The van der Waals surface area contributed by atoms with Crippen molar-refractivity contribution in [2.45, 2.75) is 43.9 Å². The number of hydrogen-bond acceptors (Lipinski definition) is 5. The van der Waals surface area contributed by atoms with Gasteiger partial charge in [0, 0.05) is 11.6 Å². The van der Waals surface area contributed by atoms with Crippen molar-refractivity contribution in [2.24, 2.45) is 11.8 Å². The van der Waals surface area contributed by atoms with E-state index < -0.39 is 0 Å². The van der Waals surface area contributed by atoms with Gasteiger partial charge in [0.05, 0.1) is 5.75 Å². The number of carbonyl (C=O) groups is 1. The molecule has 1 amide bonds. The molecule has 6 heteroatoms. The van der Waals surface area contributed by atoms with Crippen LogP contribution in [0.5, 0.6) is 0 Å². The summed E-state index contributed by atoms with van der Waals surface area (Å²) in [5.74, 6) is 2.41. The summed E-state index contributed by atoms with van der Waals surface area (Å²) in [4.78, 5) is 12.1. The van der Waals surface area contributed by atoms with Gasteiger partial charge in [0.1, 0.15) is 0 Å². The third-order valence-corrected chi connectivity index (χ3v) is 5.90. The van der Waals surface area contributed by atoms with E-state index in [4.69, 9.17) is 4.42 Å². The molecule has 4 rings (SSSR count). The lowest BCUT2D eigenvalue weighted by Crippen LogP contribution is -2.39. The fourth-order valence-electron chi connectivity index (χ4n) is 3.96. The quantitative estimate of drug-likeness (QED) is 0.842. The standard InChI is InChI=1S/C18H21N3O2S/c1-11-3-2-4-14(7-11)17-20-21-18(23-17)24-10-16(22)19-15-9-12-5-6-13(15)8-12/h2-4,7,12-13,15H,5-6,8-10H2,1H3,(H,19,22)/t12-,13-,15-/m1/s1. The molecule has 126 valence electrons. The van der Waals surface area contributed by atoms with Crippen LogP contribution in [0, 0.1) is 18.8 Å². The second kappa shape index (κ2) is 6.59. The minimum absolute atomic E-state index is 0.0628. The SMILES string of the molecule is Cc1cccc(-c2nnc(SCC(=O)N[C@@H]3C[C@@H]4CC[C@@H]3C4)o2)c1. The number of aromatic nitrogens is 2. The summed E-state index contributed by atoms with van der Waals surface area (Å²) in [5, 5.41) is 11.7. The second-order valence-electron chi connectivity index (χ2n) is 6.88. The Kier molecular flexibility index (Phi) is 4.31. The van der Waals surface area contributed by atoms with E-state index in [9.17, 15) is 4.79 Å².